The molecular formula is C27H24N4O2S. The molecule has 0 radical (unpaired) electrons. The van der Waals surface area contributed by atoms with Gasteiger partial charge in [0, 0.05) is 18.0 Å². The minimum atomic E-state index is -0.108. The van der Waals surface area contributed by atoms with Crippen molar-refractivity contribution in [3.63, 3.8) is 0 Å². The summed E-state index contributed by atoms with van der Waals surface area (Å²) < 4.78 is 11.0. The second-order valence-corrected chi connectivity index (χ2v) is 8.66. The molecule has 0 unspecified atom stereocenters. The molecule has 5 rings (SSSR count). The van der Waals surface area contributed by atoms with E-state index >= 15 is 0 Å². The average Bonchev–Trinajstić information content (AvgIpc) is 3.37. The quantitative estimate of drug-likeness (QED) is 0.354. The average molecular weight is 469 g/mol. The van der Waals surface area contributed by atoms with E-state index < -0.39 is 0 Å². The van der Waals surface area contributed by atoms with Gasteiger partial charge >= 0.3 is 0 Å². The SMILES string of the molecule is COc1cccc(-c2csc(=Nc3ccccc3)n2-c2c(C)n(C)n(-c3ccccc3)c2=O)c1. The first-order valence-electron chi connectivity index (χ1n) is 10.9. The summed E-state index contributed by atoms with van der Waals surface area (Å²) in [4.78, 5) is 19.5. The van der Waals surface area contributed by atoms with Crippen LogP contribution in [-0.2, 0) is 7.05 Å². The number of rotatable bonds is 5. The summed E-state index contributed by atoms with van der Waals surface area (Å²) in [5.74, 6) is 0.753. The lowest BCUT2D eigenvalue weighted by molar-refractivity contribution is 0.415. The Kier molecular flexibility index (Phi) is 5.77. The topological polar surface area (TPSA) is 53.4 Å². The molecule has 3 aromatic carbocycles. The Balaban J connectivity index is 1.83. The summed E-state index contributed by atoms with van der Waals surface area (Å²) in [6.07, 6.45) is 0. The van der Waals surface area contributed by atoms with Gasteiger partial charge in [-0.1, -0.05) is 48.5 Å². The van der Waals surface area contributed by atoms with E-state index in [9.17, 15) is 4.79 Å². The van der Waals surface area contributed by atoms with Crippen LogP contribution in [0, 0.1) is 6.92 Å². The van der Waals surface area contributed by atoms with Gasteiger partial charge in [0.25, 0.3) is 5.56 Å². The number of para-hydroxylation sites is 2. The Morgan fingerprint density at radius 3 is 2.32 bits per heavy atom. The molecule has 0 amide bonds. The predicted octanol–water partition coefficient (Wildman–Crippen LogP) is 5.24. The van der Waals surface area contributed by atoms with Crippen LogP contribution in [-0.4, -0.2) is 21.0 Å². The maximum atomic E-state index is 13.9. The van der Waals surface area contributed by atoms with Crippen LogP contribution < -0.4 is 15.1 Å². The smallest absolute Gasteiger partial charge is 0.296 e. The fourth-order valence-corrected chi connectivity index (χ4v) is 4.93. The molecule has 0 aliphatic rings. The van der Waals surface area contributed by atoms with E-state index in [0.717, 1.165) is 38.9 Å². The van der Waals surface area contributed by atoms with Crippen LogP contribution in [0.15, 0.2) is 100 Å². The first-order chi connectivity index (χ1) is 16.6. The molecular weight excluding hydrogens is 444 g/mol. The molecule has 34 heavy (non-hydrogen) atoms. The van der Waals surface area contributed by atoms with Gasteiger partial charge in [0.15, 0.2) is 4.80 Å². The van der Waals surface area contributed by atoms with Gasteiger partial charge in [0.05, 0.1) is 29.9 Å². The Bertz CT molecular complexity index is 1570. The molecule has 170 valence electrons. The van der Waals surface area contributed by atoms with E-state index in [-0.39, 0.29) is 5.56 Å². The van der Waals surface area contributed by atoms with Crippen LogP contribution in [0.3, 0.4) is 0 Å². The number of methoxy groups -OCH3 is 1. The van der Waals surface area contributed by atoms with E-state index in [1.807, 2.05) is 114 Å². The maximum Gasteiger partial charge on any atom is 0.296 e. The van der Waals surface area contributed by atoms with Crippen LogP contribution >= 0.6 is 11.3 Å². The summed E-state index contributed by atoms with van der Waals surface area (Å²) in [6.45, 7) is 1.96. The summed E-state index contributed by atoms with van der Waals surface area (Å²) in [7, 11) is 3.55. The highest BCUT2D eigenvalue weighted by Gasteiger charge is 2.22. The van der Waals surface area contributed by atoms with E-state index in [2.05, 4.69) is 0 Å². The molecule has 0 spiro atoms. The van der Waals surface area contributed by atoms with Crippen molar-refractivity contribution in [2.75, 3.05) is 7.11 Å². The standard InChI is InChI=1S/C27H24N4O2S/c1-19-25(26(32)31(29(19)2)22-14-8-5-9-15-22)30-24(20-11-10-16-23(17-20)33-3)18-34-27(30)28-21-12-6-4-7-13-21/h4-18H,1-3H3. The van der Waals surface area contributed by atoms with Crippen molar-refractivity contribution in [1.82, 2.24) is 13.9 Å². The minimum Gasteiger partial charge on any atom is -0.497 e. The van der Waals surface area contributed by atoms with Gasteiger partial charge in [0.2, 0.25) is 0 Å². The molecule has 7 heteroatoms. The van der Waals surface area contributed by atoms with Crippen LogP contribution in [0.4, 0.5) is 5.69 Å². The van der Waals surface area contributed by atoms with Crippen molar-refractivity contribution >= 4 is 17.0 Å². The van der Waals surface area contributed by atoms with E-state index in [1.165, 1.54) is 11.3 Å². The third-order valence-electron chi connectivity index (χ3n) is 5.80. The molecule has 0 saturated heterocycles. The molecule has 0 aliphatic carbocycles. The number of hydrogen-bond acceptors (Lipinski definition) is 4. The zero-order valence-electron chi connectivity index (χ0n) is 19.2. The monoisotopic (exact) mass is 468 g/mol. The van der Waals surface area contributed by atoms with Gasteiger partial charge in [-0.25, -0.2) is 9.67 Å². The Labute approximate surface area is 201 Å². The third-order valence-corrected chi connectivity index (χ3v) is 6.63. The van der Waals surface area contributed by atoms with Gasteiger partial charge in [-0.2, -0.15) is 0 Å². The first-order valence-corrected chi connectivity index (χ1v) is 11.8. The zero-order valence-corrected chi connectivity index (χ0v) is 20.0. The van der Waals surface area contributed by atoms with Gasteiger partial charge in [-0.05, 0) is 43.3 Å². The zero-order chi connectivity index (χ0) is 23.7. The van der Waals surface area contributed by atoms with Crippen LogP contribution in [0.1, 0.15) is 5.69 Å². The second kappa shape index (κ2) is 9.03. The van der Waals surface area contributed by atoms with Gasteiger partial charge in [-0.3, -0.25) is 14.0 Å². The van der Waals surface area contributed by atoms with Crippen LogP contribution in [0.2, 0.25) is 0 Å². The second-order valence-electron chi connectivity index (χ2n) is 7.83. The number of hydrogen-bond donors (Lipinski definition) is 0. The number of nitrogens with zero attached hydrogens (tertiary/aromatic N) is 4. The van der Waals surface area contributed by atoms with E-state index in [1.54, 1.807) is 11.8 Å². The Morgan fingerprint density at radius 1 is 0.912 bits per heavy atom. The molecule has 2 heterocycles. The van der Waals surface area contributed by atoms with Gasteiger partial charge in [-0.15, -0.1) is 11.3 Å². The van der Waals surface area contributed by atoms with Crippen molar-refractivity contribution < 1.29 is 4.74 Å². The molecule has 0 aliphatic heterocycles. The van der Waals surface area contributed by atoms with Gasteiger partial charge < -0.3 is 4.74 Å². The Hall–Kier alpha value is -4.10. The summed E-state index contributed by atoms with van der Waals surface area (Å²) in [5, 5.41) is 2.04. The van der Waals surface area contributed by atoms with Crippen LogP contribution in [0.5, 0.6) is 5.75 Å². The first kappa shape index (κ1) is 21.7. The molecule has 0 saturated carbocycles. The molecule has 6 nitrogen and oxygen atoms in total. The largest absolute Gasteiger partial charge is 0.497 e. The summed E-state index contributed by atoms with van der Waals surface area (Å²) >= 11 is 1.50. The number of aromatic nitrogens is 3. The minimum absolute atomic E-state index is 0.108. The fraction of sp³-hybridized carbons (Fsp3) is 0.111. The highest BCUT2D eigenvalue weighted by Crippen LogP contribution is 2.27. The van der Waals surface area contributed by atoms with E-state index in [0.29, 0.717) is 5.69 Å². The normalized spacial score (nSPS) is 11.7. The summed E-state index contributed by atoms with van der Waals surface area (Å²) in [6, 6.07) is 27.3. The molecule has 0 bridgehead atoms. The predicted molar refractivity (Wildman–Crippen MR) is 137 cm³/mol. The van der Waals surface area contributed by atoms with Gasteiger partial charge in [0.1, 0.15) is 11.4 Å². The van der Waals surface area contributed by atoms with Crippen molar-refractivity contribution in [2.24, 2.45) is 12.0 Å². The summed E-state index contributed by atoms with van der Waals surface area (Å²) in [5.41, 5.74) is 4.76. The molecule has 0 N–H and O–H groups in total. The molecule has 0 atom stereocenters. The van der Waals surface area contributed by atoms with Crippen molar-refractivity contribution in [1.29, 1.82) is 0 Å². The fourth-order valence-electron chi connectivity index (χ4n) is 4.01. The third kappa shape index (κ3) is 3.80. The lowest BCUT2D eigenvalue weighted by atomic mass is 10.1. The lowest BCUT2D eigenvalue weighted by Crippen LogP contribution is -2.24. The van der Waals surface area contributed by atoms with Crippen LogP contribution in [0.25, 0.3) is 22.6 Å². The highest BCUT2D eigenvalue weighted by atomic mass is 32.1. The molecule has 5 aromatic rings. The van der Waals surface area contributed by atoms with Crippen molar-refractivity contribution in [3.05, 3.63) is 111 Å². The van der Waals surface area contributed by atoms with E-state index in [4.69, 9.17) is 9.73 Å². The Morgan fingerprint density at radius 2 is 1.62 bits per heavy atom. The molecule has 2 aromatic heterocycles. The molecule has 0 fully saturated rings. The number of benzene rings is 3. The highest BCUT2D eigenvalue weighted by molar-refractivity contribution is 7.07. The lowest BCUT2D eigenvalue weighted by Gasteiger charge is -2.09. The number of ether oxygens (including phenoxy) is 1. The van der Waals surface area contributed by atoms with Crippen molar-refractivity contribution in [3.8, 4) is 28.4 Å². The number of thiazole rings is 1. The van der Waals surface area contributed by atoms with Crippen molar-refractivity contribution in [2.45, 2.75) is 6.92 Å². The maximum absolute atomic E-state index is 13.9.